The van der Waals surface area contributed by atoms with Gasteiger partial charge in [0.1, 0.15) is 0 Å². The van der Waals surface area contributed by atoms with Crippen molar-refractivity contribution in [2.45, 2.75) is 32.0 Å². The van der Waals surface area contributed by atoms with Crippen molar-refractivity contribution in [3.63, 3.8) is 0 Å². The number of rotatable bonds is 4. The topological polar surface area (TPSA) is 29.3 Å². The van der Waals surface area contributed by atoms with Gasteiger partial charge in [0.15, 0.2) is 0 Å². The Morgan fingerprint density at radius 1 is 0.950 bits per heavy atom. The zero-order valence-electron chi connectivity index (χ0n) is 11.8. The monoisotopic (exact) mass is 266 g/mol. The van der Waals surface area contributed by atoms with Gasteiger partial charge >= 0.3 is 0 Å². The smallest absolute Gasteiger partial charge is 0.0352 e. The molecule has 104 valence electrons. The van der Waals surface area contributed by atoms with Crippen molar-refractivity contribution in [3.05, 3.63) is 71.3 Å². The molecule has 2 aromatic carbocycles. The van der Waals surface area contributed by atoms with Crippen molar-refractivity contribution >= 4 is 0 Å². The molecule has 2 N–H and O–H groups in total. The van der Waals surface area contributed by atoms with E-state index >= 15 is 0 Å². The van der Waals surface area contributed by atoms with Gasteiger partial charge in [0.2, 0.25) is 0 Å². The molecule has 20 heavy (non-hydrogen) atoms. The van der Waals surface area contributed by atoms with Crippen molar-refractivity contribution < 1.29 is 0 Å². The van der Waals surface area contributed by atoms with Gasteiger partial charge in [0.25, 0.3) is 0 Å². The molecule has 1 heterocycles. The van der Waals surface area contributed by atoms with Crippen LogP contribution in [0.3, 0.4) is 0 Å². The zero-order valence-corrected chi connectivity index (χ0v) is 11.8. The molecule has 1 aliphatic rings. The molecule has 0 aromatic heterocycles. The third kappa shape index (κ3) is 2.92. The van der Waals surface area contributed by atoms with Crippen molar-refractivity contribution in [1.82, 2.24) is 4.90 Å². The second-order valence-electron chi connectivity index (χ2n) is 5.56. The summed E-state index contributed by atoms with van der Waals surface area (Å²) in [7, 11) is 0. The third-order valence-corrected chi connectivity index (χ3v) is 4.19. The van der Waals surface area contributed by atoms with Gasteiger partial charge in [-0.1, -0.05) is 54.6 Å². The van der Waals surface area contributed by atoms with Crippen LogP contribution < -0.4 is 5.73 Å². The Labute approximate surface area is 121 Å². The summed E-state index contributed by atoms with van der Waals surface area (Å²) >= 11 is 0. The second-order valence-corrected chi connectivity index (χ2v) is 5.56. The van der Waals surface area contributed by atoms with E-state index in [-0.39, 0.29) is 0 Å². The van der Waals surface area contributed by atoms with Crippen LogP contribution in [-0.4, -0.2) is 11.4 Å². The summed E-state index contributed by atoms with van der Waals surface area (Å²) < 4.78 is 0. The molecule has 1 saturated heterocycles. The van der Waals surface area contributed by atoms with E-state index in [2.05, 4.69) is 59.5 Å². The van der Waals surface area contributed by atoms with Crippen LogP contribution in [0.4, 0.5) is 0 Å². The van der Waals surface area contributed by atoms with Crippen LogP contribution in [0.15, 0.2) is 54.6 Å². The lowest BCUT2D eigenvalue weighted by atomic mass is 10.0. The number of hydrogen-bond donors (Lipinski definition) is 1. The highest BCUT2D eigenvalue weighted by molar-refractivity contribution is 5.24. The summed E-state index contributed by atoms with van der Waals surface area (Å²) in [5.41, 5.74) is 9.68. The maximum Gasteiger partial charge on any atom is 0.0352 e. The molecule has 1 aliphatic heterocycles. The molecule has 0 bridgehead atoms. The quantitative estimate of drug-likeness (QED) is 0.918. The maximum atomic E-state index is 5.65. The maximum absolute atomic E-state index is 5.65. The normalized spacial score (nSPS) is 19.4. The standard InChI is InChI=1S/C18H22N2/c19-13-15-8-10-16(11-9-15)14-20-12-4-7-18(20)17-5-2-1-3-6-17/h1-3,5-6,8-11,18H,4,7,12-14,19H2. The number of likely N-dealkylation sites (tertiary alicyclic amines) is 1. The molecular formula is C18H22N2. The fourth-order valence-corrected chi connectivity index (χ4v) is 3.08. The lowest BCUT2D eigenvalue weighted by molar-refractivity contribution is 0.248. The third-order valence-electron chi connectivity index (χ3n) is 4.19. The summed E-state index contributed by atoms with van der Waals surface area (Å²) in [4.78, 5) is 2.59. The molecule has 2 aromatic rings. The predicted octanol–water partition coefficient (Wildman–Crippen LogP) is 3.48. The van der Waals surface area contributed by atoms with Crippen molar-refractivity contribution in [2.24, 2.45) is 5.73 Å². The molecule has 0 amide bonds. The van der Waals surface area contributed by atoms with Crippen LogP contribution in [-0.2, 0) is 13.1 Å². The number of nitrogens with zero attached hydrogens (tertiary/aromatic N) is 1. The van der Waals surface area contributed by atoms with Gasteiger partial charge < -0.3 is 5.73 Å². The van der Waals surface area contributed by atoms with E-state index in [0.29, 0.717) is 12.6 Å². The van der Waals surface area contributed by atoms with Gasteiger partial charge in [-0.05, 0) is 36.1 Å². The van der Waals surface area contributed by atoms with E-state index in [1.165, 1.54) is 36.1 Å². The summed E-state index contributed by atoms with van der Waals surface area (Å²) in [6.45, 7) is 2.85. The van der Waals surface area contributed by atoms with Gasteiger partial charge in [-0.3, -0.25) is 4.90 Å². The van der Waals surface area contributed by atoms with E-state index in [4.69, 9.17) is 5.73 Å². The first-order chi connectivity index (χ1) is 9.86. The molecule has 0 saturated carbocycles. The number of nitrogens with two attached hydrogens (primary N) is 1. The first-order valence-electron chi connectivity index (χ1n) is 7.43. The van der Waals surface area contributed by atoms with E-state index in [9.17, 15) is 0 Å². The van der Waals surface area contributed by atoms with Gasteiger partial charge in [-0.15, -0.1) is 0 Å². The van der Waals surface area contributed by atoms with Crippen molar-refractivity contribution in [3.8, 4) is 0 Å². The molecule has 1 fully saturated rings. The molecular weight excluding hydrogens is 244 g/mol. The summed E-state index contributed by atoms with van der Waals surface area (Å²) in [6, 6.07) is 20.2. The lowest BCUT2D eigenvalue weighted by Crippen LogP contribution is -2.22. The van der Waals surface area contributed by atoms with Gasteiger partial charge in [0, 0.05) is 19.1 Å². The largest absolute Gasteiger partial charge is 0.326 e. The van der Waals surface area contributed by atoms with E-state index < -0.39 is 0 Å². The molecule has 2 heteroatoms. The Morgan fingerprint density at radius 3 is 2.35 bits per heavy atom. The minimum atomic E-state index is 0.574. The Bertz CT molecular complexity index is 533. The summed E-state index contributed by atoms with van der Waals surface area (Å²) in [5.74, 6) is 0. The number of benzene rings is 2. The second kappa shape index (κ2) is 6.21. The van der Waals surface area contributed by atoms with Gasteiger partial charge in [-0.25, -0.2) is 0 Å². The Kier molecular flexibility index (Phi) is 4.14. The van der Waals surface area contributed by atoms with Gasteiger partial charge in [0.05, 0.1) is 0 Å². The predicted molar refractivity (Wildman–Crippen MR) is 83.2 cm³/mol. The highest BCUT2D eigenvalue weighted by Crippen LogP contribution is 2.32. The lowest BCUT2D eigenvalue weighted by Gasteiger charge is -2.25. The fraction of sp³-hybridized carbons (Fsp3) is 0.333. The molecule has 0 radical (unpaired) electrons. The van der Waals surface area contributed by atoms with Crippen LogP contribution in [0.2, 0.25) is 0 Å². The highest BCUT2D eigenvalue weighted by Gasteiger charge is 2.25. The average molecular weight is 266 g/mol. The SMILES string of the molecule is NCc1ccc(CN2CCCC2c2ccccc2)cc1. The Balaban J connectivity index is 1.72. The summed E-state index contributed by atoms with van der Waals surface area (Å²) in [5, 5.41) is 0. The van der Waals surface area contributed by atoms with Crippen molar-refractivity contribution in [1.29, 1.82) is 0 Å². The first-order valence-corrected chi connectivity index (χ1v) is 7.43. The minimum Gasteiger partial charge on any atom is -0.326 e. The molecule has 1 unspecified atom stereocenters. The zero-order chi connectivity index (χ0) is 13.8. The van der Waals surface area contributed by atoms with Crippen LogP contribution in [0, 0.1) is 0 Å². The van der Waals surface area contributed by atoms with Crippen molar-refractivity contribution in [2.75, 3.05) is 6.54 Å². The average Bonchev–Trinajstić information content (AvgIpc) is 2.97. The van der Waals surface area contributed by atoms with E-state index in [0.717, 1.165) is 6.54 Å². The molecule has 0 spiro atoms. The van der Waals surface area contributed by atoms with Crippen LogP contribution in [0.25, 0.3) is 0 Å². The Hall–Kier alpha value is -1.64. The fourth-order valence-electron chi connectivity index (χ4n) is 3.08. The molecule has 2 nitrogen and oxygen atoms in total. The molecule has 3 rings (SSSR count). The van der Waals surface area contributed by atoms with Crippen LogP contribution in [0.5, 0.6) is 0 Å². The molecule has 1 atom stereocenters. The summed E-state index contributed by atoms with van der Waals surface area (Å²) in [6.07, 6.45) is 2.56. The minimum absolute atomic E-state index is 0.574. The Morgan fingerprint density at radius 2 is 1.65 bits per heavy atom. The van der Waals surface area contributed by atoms with Crippen LogP contribution in [0.1, 0.15) is 35.6 Å². The molecule has 0 aliphatic carbocycles. The van der Waals surface area contributed by atoms with E-state index in [1.807, 2.05) is 0 Å². The van der Waals surface area contributed by atoms with Gasteiger partial charge in [-0.2, -0.15) is 0 Å². The first kappa shape index (κ1) is 13.3. The number of hydrogen-bond acceptors (Lipinski definition) is 2. The van der Waals surface area contributed by atoms with Crippen LogP contribution >= 0.6 is 0 Å². The highest BCUT2D eigenvalue weighted by atomic mass is 15.2. The van der Waals surface area contributed by atoms with E-state index in [1.54, 1.807) is 0 Å².